The summed E-state index contributed by atoms with van der Waals surface area (Å²) in [4.78, 5) is 3.86. The van der Waals surface area contributed by atoms with Crippen molar-refractivity contribution < 1.29 is 8.42 Å². The number of sulfonamides is 1. The van der Waals surface area contributed by atoms with Crippen molar-refractivity contribution in [2.45, 2.75) is 13.3 Å². The number of nitrogens with one attached hydrogen (secondary N) is 1. The molecule has 5 heteroatoms. The Hall–Kier alpha value is -1.10. The molecule has 0 saturated carbocycles. The van der Waals surface area contributed by atoms with Crippen LogP contribution in [0.3, 0.4) is 0 Å². The van der Waals surface area contributed by atoms with Crippen molar-refractivity contribution >= 4 is 15.8 Å². The van der Waals surface area contributed by atoms with E-state index in [4.69, 9.17) is 0 Å². The van der Waals surface area contributed by atoms with Crippen LogP contribution in [0.15, 0.2) is 24.4 Å². The third-order valence-electron chi connectivity index (χ3n) is 1.40. The van der Waals surface area contributed by atoms with Crippen LogP contribution in [-0.2, 0) is 10.0 Å². The minimum absolute atomic E-state index is 0.129. The molecule has 0 aliphatic carbocycles. The van der Waals surface area contributed by atoms with Crippen molar-refractivity contribution in [1.82, 2.24) is 4.98 Å². The topological polar surface area (TPSA) is 59.1 Å². The summed E-state index contributed by atoms with van der Waals surface area (Å²) in [6, 6.07) is 5.08. The monoisotopic (exact) mass is 200 g/mol. The van der Waals surface area contributed by atoms with Gasteiger partial charge in [0, 0.05) is 6.20 Å². The van der Waals surface area contributed by atoms with Gasteiger partial charge in [-0.3, -0.25) is 4.72 Å². The molecule has 0 unspecified atom stereocenters. The second kappa shape index (κ2) is 4.23. The summed E-state index contributed by atoms with van der Waals surface area (Å²) in [6.45, 7) is 1.82. The maximum atomic E-state index is 11.2. The van der Waals surface area contributed by atoms with E-state index in [0.717, 1.165) is 0 Å². The summed E-state index contributed by atoms with van der Waals surface area (Å²) in [7, 11) is -3.20. The molecule has 0 atom stereocenters. The summed E-state index contributed by atoms with van der Waals surface area (Å²) >= 11 is 0. The number of anilines is 1. The summed E-state index contributed by atoms with van der Waals surface area (Å²) in [5.41, 5.74) is 0. The standard InChI is InChI=1S/C8H12N2O2S/c1-2-7-13(11,12)10-8-5-3-4-6-9-8/h3-6H,2,7H2,1H3,(H,9,10). The van der Waals surface area contributed by atoms with Crippen LogP contribution in [0.2, 0.25) is 0 Å². The van der Waals surface area contributed by atoms with Gasteiger partial charge < -0.3 is 0 Å². The molecule has 0 amide bonds. The third-order valence-corrected chi connectivity index (χ3v) is 2.86. The van der Waals surface area contributed by atoms with Crippen molar-refractivity contribution in [2.75, 3.05) is 10.5 Å². The fourth-order valence-electron chi connectivity index (χ4n) is 0.902. The van der Waals surface area contributed by atoms with E-state index in [1.54, 1.807) is 24.4 Å². The van der Waals surface area contributed by atoms with Crippen molar-refractivity contribution in [3.63, 3.8) is 0 Å². The first kappa shape index (κ1) is 9.98. The van der Waals surface area contributed by atoms with E-state index in [0.29, 0.717) is 12.2 Å². The zero-order valence-electron chi connectivity index (χ0n) is 7.40. The number of pyridine rings is 1. The highest BCUT2D eigenvalue weighted by molar-refractivity contribution is 7.92. The third kappa shape index (κ3) is 3.42. The van der Waals surface area contributed by atoms with Crippen LogP contribution in [0.1, 0.15) is 13.3 Å². The molecule has 0 bridgehead atoms. The minimum Gasteiger partial charge on any atom is -0.267 e. The van der Waals surface area contributed by atoms with E-state index in [2.05, 4.69) is 9.71 Å². The van der Waals surface area contributed by atoms with Gasteiger partial charge in [0.25, 0.3) is 0 Å². The maximum Gasteiger partial charge on any atom is 0.233 e. The lowest BCUT2D eigenvalue weighted by molar-refractivity contribution is 0.599. The molecular formula is C8H12N2O2S. The predicted molar refractivity (Wildman–Crippen MR) is 51.9 cm³/mol. The average molecular weight is 200 g/mol. The fourth-order valence-corrected chi connectivity index (χ4v) is 1.98. The summed E-state index contributed by atoms with van der Waals surface area (Å²) in [6.07, 6.45) is 2.14. The Morgan fingerprint density at radius 1 is 1.46 bits per heavy atom. The predicted octanol–water partition coefficient (Wildman–Crippen LogP) is 1.23. The first-order chi connectivity index (χ1) is 6.14. The van der Waals surface area contributed by atoms with Crippen LogP contribution in [0.5, 0.6) is 0 Å². The zero-order chi connectivity index (χ0) is 9.73. The van der Waals surface area contributed by atoms with Gasteiger partial charge in [0.15, 0.2) is 0 Å². The molecule has 1 N–H and O–H groups in total. The first-order valence-corrected chi connectivity index (χ1v) is 5.71. The molecule has 4 nitrogen and oxygen atoms in total. The molecular weight excluding hydrogens is 188 g/mol. The Kier molecular flexibility index (Phi) is 3.25. The molecule has 0 aliphatic rings. The lowest BCUT2D eigenvalue weighted by Gasteiger charge is -2.04. The maximum absolute atomic E-state index is 11.2. The van der Waals surface area contributed by atoms with Crippen molar-refractivity contribution in [3.05, 3.63) is 24.4 Å². The van der Waals surface area contributed by atoms with Gasteiger partial charge in [-0.25, -0.2) is 13.4 Å². The van der Waals surface area contributed by atoms with Gasteiger partial charge in [0.1, 0.15) is 5.82 Å². The summed E-state index contributed by atoms with van der Waals surface area (Å²) in [5, 5.41) is 0. The molecule has 0 radical (unpaired) electrons. The van der Waals surface area contributed by atoms with Crippen LogP contribution < -0.4 is 4.72 Å². The van der Waals surface area contributed by atoms with Crippen LogP contribution >= 0.6 is 0 Å². The number of hydrogen-bond acceptors (Lipinski definition) is 3. The summed E-state index contributed by atoms with van der Waals surface area (Å²) < 4.78 is 24.9. The number of rotatable bonds is 4. The van der Waals surface area contributed by atoms with Crippen LogP contribution in [0.25, 0.3) is 0 Å². The highest BCUT2D eigenvalue weighted by Gasteiger charge is 2.08. The SMILES string of the molecule is CCCS(=O)(=O)Nc1ccccn1. The van der Waals surface area contributed by atoms with Crippen molar-refractivity contribution in [2.24, 2.45) is 0 Å². The molecule has 1 aromatic rings. The average Bonchev–Trinajstić information content (AvgIpc) is 2.04. The Bertz CT molecular complexity index is 348. The molecule has 0 spiro atoms. The van der Waals surface area contributed by atoms with Crippen LogP contribution in [-0.4, -0.2) is 19.2 Å². The molecule has 1 rings (SSSR count). The van der Waals surface area contributed by atoms with Gasteiger partial charge in [0.2, 0.25) is 10.0 Å². The van der Waals surface area contributed by atoms with Crippen LogP contribution in [0.4, 0.5) is 5.82 Å². The number of aromatic nitrogens is 1. The molecule has 0 aliphatic heterocycles. The second-order valence-electron chi connectivity index (χ2n) is 2.64. The number of nitrogens with zero attached hydrogens (tertiary/aromatic N) is 1. The largest absolute Gasteiger partial charge is 0.267 e. The van der Waals surface area contributed by atoms with Crippen LogP contribution in [0, 0.1) is 0 Å². The van der Waals surface area contributed by atoms with E-state index in [1.165, 1.54) is 0 Å². The van der Waals surface area contributed by atoms with E-state index in [9.17, 15) is 8.42 Å². The lowest BCUT2D eigenvalue weighted by Crippen LogP contribution is -2.16. The van der Waals surface area contributed by atoms with Gasteiger partial charge in [-0.15, -0.1) is 0 Å². The van der Waals surface area contributed by atoms with E-state index in [1.807, 2.05) is 6.92 Å². The Morgan fingerprint density at radius 2 is 2.23 bits per heavy atom. The van der Waals surface area contributed by atoms with Gasteiger partial charge >= 0.3 is 0 Å². The van der Waals surface area contributed by atoms with Crippen molar-refractivity contribution in [1.29, 1.82) is 0 Å². The molecule has 13 heavy (non-hydrogen) atoms. The van der Waals surface area contributed by atoms with E-state index in [-0.39, 0.29) is 5.75 Å². The highest BCUT2D eigenvalue weighted by atomic mass is 32.2. The smallest absolute Gasteiger partial charge is 0.233 e. The Labute approximate surface area is 78.1 Å². The first-order valence-electron chi connectivity index (χ1n) is 4.05. The Balaban J connectivity index is 2.70. The van der Waals surface area contributed by atoms with Crippen molar-refractivity contribution in [3.8, 4) is 0 Å². The lowest BCUT2D eigenvalue weighted by atomic mass is 10.5. The normalized spacial score (nSPS) is 11.2. The molecule has 0 aromatic carbocycles. The minimum atomic E-state index is -3.20. The van der Waals surface area contributed by atoms with Gasteiger partial charge in [-0.05, 0) is 18.6 Å². The van der Waals surface area contributed by atoms with E-state index >= 15 is 0 Å². The van der Waals surface area contributed by atoms with Gasteiger partial charge in [-0.2, -0.15) is 0 Å². The van der Waals surface area contributed by atoms with E-state index < -0.39 is 10.0 Å². The van der Waals surface area contributed by atoms with Gasteiger partial charge in [0.05, 0.1) is 5.75 Å². The Morgan fingerprint density at radius 3 is 2.77 bits per heavy atom. The summed E-state index contributed by atoms with van der Waals surface area (Å²) in [5.74, 6) is 0.500. The molecule has 0 fully saturated rings. The molecule has 1 heterocycles. The molecule has 1 aromatic heterocycles. The van der Waals surface area contributed by atoms with Gasteiger partial charge in [-0.1, -0.05) is 13.0 Å². The fraction of sp³-hybridized carbons (Fsp3) is 0.375. The number of hydrogen-bond donors (Lipinski definition) is 1. The zero-order valence-corrected chi connectivity index (χ0v) is 8.21. The second-order valence-corrected chi connectivity index (χ2v) is 4.48. The highest BCUT2D eigenvalue weighted by Crippen LogP contribution is 2.03. The molecule has 72 valence electrons. The molecule has 0 saturated heterocycles. The quantitative estimate of drug-likeness (QED) is 0.795.